The SMILES string of the molecule is CNc1ncc2c(C)n(-c3cc(NC(=O)c4cc(N5CCOCC5)cc(C(F)(F)F)c4)cc(OC)c3)c(=O)nc2n1. The molecule has 1 aliphatic rings. The van der Waals surface area contributed by atoms with Crippen molar-refractivity contribution >= 4 is 34.3 Å². The number of fused-ring (bicyclic) bond motifs is 1. The Hall–Kier alpha value is -4.72. The molecule has 1 fully saturated rings. The van der Waals surface area contributed by atoms with Gasteiger partial charge in [-0.15, -0.1) is 0 Å². The molecule has 5 rings (SSSR count). The van der Waals surface area contributed by atoms with Gasteiger partial charge in [0.05, 0.1) is 37.0 Å². The molecule has 11 nitrogen and oxygen atoms in total. The quantitative estimate of drug-likeness (QED) is 0.358. The molecule has 1 aliphatic heterocycles. The predicted molar refractivity (Wildman–Crippen MR) is 146 cm³/mol. The van der Waals surface area contributed by atoms with Gasteiger partial charge in [-0.3, -0.25) is 9.36 Å². The van der Waals surface area contributed by atoms with Crippen molar-refractivity contribution in [1.29, 1.82) is 0 Å². The zero-order chi connectivity index (χ0) is 29.3. The van der Waals surface area contributed by atoms with E-state index in [2.05, 4.69) is 25.6 Å². The van der Waals surface area contributed by atoms with Crippen molar-refractivity contribution < 1.29 is 27.4 Å². The molecule has 0 radical (unpaired) electrons. The van der Waals surface area contributed by atoms with Crippen molar-refractivity contribution in [3.05, 3.63) is 69.9 Å². The lowest BCUT2D eigenvalue weighted by molar-refractivity contribution is -0.137. The van der Waals surface area contributed by atoms with E-state index < -0.39 is 23.3 Å². The molecule has 0 atom stereocenters. The first-order valence-electron chi connectivity index (χ1n) is 12.6. The highest BCUT2D eigenvalue weighted by Gasteiger charge is 2.32. The molecule has 1 amide bonds. The first kappa shape index (κ1) is 27.8. The van der Waals surface area contributed by atoms with Crippen LogP contribution in [-0.4, -0.2) is 65.9 Å². The van der Waals surface area contributed by atoms with Gasteiger partial charge in [0.25, 0.3) is 5.91 Å². The summed E-state index contributed by atoms with van der Waals surface area (Å²) < 4.78 is 53.2. The van der Waals surface area contributed by atoms with E-state index in [0.717, 1.165) is 12.1 Å². The van der Waals surface area contributed by atoms with Crippen molar-refractivity contribution in [3.63, 3.8) is 0 Å². The highest BCUT2D eigenvalue weighted by molar-refractivity contribution is 6.05. The number of rotatable bonds is 6. The van der Waals surface area contributed by atoms with Crippen LogP contribution in [0.3, 0.4) is 0 Å². The molecule has 1 saturated heterocycles. The molecule has 2 aromatic carbocycles. The molecule has 2 aromatic heterocycles. The Kier molecular flexibility index (Phi) is 7.49. The van der Waals surface area contributed by atoms with E-state index in [4.69, 9.17) is 9.47 Å². The molecule has 4 aromatic rings. The summed E-state index contributed by atoms with van der Waals surface area (Å²) in [4.78, 5) is 40.6. The fourth-order valence-electron chi connectivity index (χ4n) is 4.56. The van der Waals surface area contributed by atoms with Gasteiger partial charge in [-0.2, -0.15) is 23.1 Å². The number of carbonyl (C=O) groups is 1. The van der Waals surface area contributed by atoms with E-state index >= 15 is 0 Å². The van der Waals surface area contributed by atoms with Gasteiger partial charge in [0.15, 0.2) is 5.65 Å². The summed E-state index contributed by atoms with van der Waals surface area (Å²) >= 11 is 0. The number of amides is 1. The van der Waals surface area contributed by atoms with Gasteiger partial charge in [-0.25, -0.2) is 9.78 Å². The van der Waals surface area contributed by atoms with Gasteiger partial charge < -0.3 is 25.0 Å². The molecular formula is C27H26F3N7O4. The summed E-state index contributed by atoms with van der Waals surface area (Å²) in [6.45, 7) is 3.24. The van der Waals surface area contributed by atoms with Gasteiger partial charge >= 0.3 is 11.9 Å². The van der Waals surface area contributed by atoms with Crippen LogP contribution in [0, 0.1) is 6.92 Å². The number of ether oxygens (including phenoxy) is 2. The maximum atomic E-state index is 13.7. The third kappa shape index (κ3) is 5.77. The van der Waals surface area contributed by atoms with Crippen LogP contribution in [0.2, 0.25) is 0 Å². The van der Waals surface area contributed by atoms with E-state index in [1.165, 1.54) is 36.1 Å². The normalized spacial score (nSPS) is 13.8. The van der Waals surface area contributed by atoms with Gasteiger partial charge in [-0.05, 0) is 31.2 Å². The predicted octanol–water partition coefficient (Wildman–Crippen LogP) is 3.64. The zero-order valence-electron chi connectivity index (χ0n) is 22.4. The average molecular weight is 570 g/mol. The molecule has 41 heavy (non-hydrogen) atoms. The van der Waals surface area contributed by atoms with E-state index in [1.807, 2.05) is 0 Å². The second kappa shape index (κ2) is 11.0. The zero-order valence-corrected chi connectivity index (χ0v) is 22.4. The van der Waals surface area contributed by atoms with Crippen LogP contribution in [0.15, 0.2) is 47.4 Å². The monoisotopic (exact) mass is 569 g/mol. The number of nitrogens with one attached hydrogen (secondary N) is 2. The van der Waals surface area contributed by atoms with Crippen LogP contribution in [-0.2, 0) is 10.9 Å². The number of aromatic nitrogens is 4. The van der Waals surface area contributed by atoms with Crippen molar-refractivity contribution in [2.45, 2.75) is 13.1 Å². The van der Waals surface area contributed by atoms with Gasteiger partial charge in [0.2, 0.25) is 5.95 Å². The number of methoxy groups -OCH3 is 1. The fraction of sp³-hybridized carbons (Fsp3) is 0.296. The Balaban J connectivity index is 1.53. The summed E-state index contributed by atoms with van der Waals surface area (Å²) in [6.07, 6.45) is -3.12. The number of aryl methyl sites for hydroxylation is 1. The summed E-state index contributed by atoms with van der Waals surface area (Å²) in [5, 5.41) is 5.96. The molecular weight excluding hydrogens is 543 g/mol. The highest BCUT2D eigenvalue weighted by Crippen LogP contribution is 2.34. The van der Waals surface area contributed by atoms with Crippen LogP contribution in [0.4, 0.5) is 30.5 Å². The van der Waals surface area contributed by atoms with Crippen molar-refractivity contribution in [2.75, 3.05) is 56.0 Å². The lowest BCUT2D eigenvalue weighted by atomic mass is 10.1. The number of hydrogen-bond donors (Lipinski definition) is 2. The Bertz CT molecular complexity index is 1680. The molecule has 3 heterocycles. The Morgan fingerprint density at radius 1 is 1.05 bits per heavy atom. The standard InChI is InChI=1S/C27H26F3N7O4/c1-15-22-14-32-25(31-2)34-23(22)35-26(39)37(15)20-11-18(12-21(13-20)40-3)33-24(38)16-8-17(27(28,29)30)10-19(9-16)36-4-6-41-7-5-36/h8-14H,4-7H2,1-3H3,(H,33,38)(H,31,34,35,39). The fourth-order valence-corrected chi connectivity index (χ4v) is 4.56. The van der Waals surface area contributed by atoms with Gasteiger partial charge in [0, 0.05) is 61.1 Å². The number of halogens is 3. The van der Waals surface area contributed by atoms with Crippen molar-refractivity contribution in [3.8, 4) is 11.4 Å². The number of morpholine rings is 1. The van der Waals surface area contributed by atoms with Crippen LogP contribution in [0.5, 0.6) is 5.75 Å². The smallest absolute Gasteiger partial charge is 0.416 e. The molecule has 0 aliphatic carbocycles. The Morgan fingerprint density at radius 2 is 1.80 bits per heavy atom. The maximum Gasteiger partial charge on any atom is 0.416 e. The summed E-state index contributed by atoms with van der Waals surface area (Å²) in [5.74, 6) is -0.165. The molecule has 0 unspecified atom stereocenters. The summed E-state index contributed by atoms with van der Waals surface area (Å²) in [5.41, 5.74) is -0.270. The summed E-state index contributed by atoms with van der Waals surface area (Å²) in [7, 11) is 3.05. The number of carbonyl (C=O) groups excluding carboxylic acids is 1. The van der Waals surface area contributed by atoms with Crippen LogP contribution in [0.1, 0.15) is 21.6 Å². The minimum absolute atomic E-state index is 0.177. The second-order valence-corrected chi connectivity index (χ2v) is 9.24. The number of hydrogen-bond acceptors (Lipinski definition) is 9. The van der Waals surface area contributed by atoms with E-state index in [-0.39, 0.29) is 22.6 Å². The molecule has 0 spiro atoms. The molecule has 14 heteroatoms. The minimum atomic E-state index is -4.65. The average Bonchev–Trinajstić information content (AvgIpc) is 2.96. The number of nitrogens with zero attached hydrogens (tertiary/aromatic N) is 5. The number of anilines is 3. The molecule has 0 saturated carbocycles. The summed E-state index contributed by atoms with van der Waals surface area (Å²) in [6, 6.07) is 7.81. The van der Waals surface area contributed by atoms with Crippen LogP contribution in [0.25, 0.3) is 16.7 Å². The first-order chi connectivity index (χ1) is 19.6. The third-order valence-electron chi connectivity index (χ3n) is 6.64. The van der Waals surface area contributed by atoms with Gasteiger partial charge in [-0.1, -0.05) is 0 Å². The van der Waals surface area contributed by atoms with Crippen molar-refractivity contribution in [1.82, 2.24) is 19.5 Å². The molecule has 2 N–H and O–H groups in total. The first-order valence-corrected chi connectivity index (χ1v) is 12.6. The lowest BCUT2D eigenvalue weighted by Gasteiger charge is -2.29. The Labute approximate surface area is 232 Å². The number of benzene rings is 2. The number of alkyl halides is 3. The van der Waals surface area contributed by atoms with E-state index in [9.17, 15) is 22.8 Å². The Morgan fingerprint density at radius 3 is 2.49 bits per heavy atom. The van der Waals surface area contributed by atoms with Crippen LogP contribution >= 0.6 is 0 Å². The maximum absolute atomic E-state index is 13.7. The topological polar surface area (TPSA) is 124 Å². The second-order valence-electron chi connectivity index (χ2n) is 9.24. The van der Waals surface area contributed by atoms with Crippen molar-refractivity contribution in [2.24, 2.45) is 0 Å². The highest BCUT2D eigenvalue weighted by atomic mass is 19.4. The minimum Gasteiger partial charge on any atom is -0.497 e. The molecule has 214 valence electrons. The largest absolute Gasteiger partial charge is 0.497 e. The van der Waals surface area contributed by atoms with Gasteiger partial charge in [0.1, 0.15) is 5.75 Å². The van der Waals surface area contributed by atoms with Crippen LogP contribution < -0.4 is 26.0 Å². The molecule has 0 bridgehead atoms. The van der Waals surface area contributed by atoms with E-state index in [0.29, 0.717) is 54.8 Å². The lowest BCUT2D eigenvalue weighted by Crippen LogP contribution is -2.36. The third-order valence-corrected chi connectivity index (χ3v) is 6.64. The van der Waals surface area contributed by atoms with E-state index in [1.54, 1.807) is 24.9 Å².